The Hall–Kier alpha value is -2.83. The van der Waals surface area contributed by atoms with Crippen LogP contribution in [0.3, 0.4) is 0 Å². The van der Waals surface area contributed by atoms with Crippen LogP contribution >= 0.6 is 0 Å². The van der Waals surface area contributed by atoms with Gasteiger partial charge in [-0.2, -0.15) is 0 Å². The van der Waals surface area contributed by atoms with E-state index in [0.717, 1.165) is 10.4 Å². The minimum absolute atomic E-state index is 0.0772. The van der Waals surface area contributed by atoms with E-state index < -0.39 is 17.8 Å². The number of imide groups is 1. The summed E-state index contributed by atoms with van der Waals surface area (Å²) in [5, 5.41) is 3.74. The predicted molar refractivity (Wildman–Crippen MR) is 63.9 cm³/mol. The van der Waals surface area contributed by atoms with E-state index in [4.69, 9.17) is 4.42 Å². The van der Waals surface area contributed by atoms with Gasteiger partial charge in [0.2, 0.25) is 5.91 Å². The molecule has 1 aliphatic rings. The van der Waals surface area contributed by atoms with E-state index in [9.17, 15) is 14.4 Å². The van der Waals surface area contributed by atoms with Crippen LogP contribution in [0, 0.1) is 0 Å². The van der Waals surface area contributed by atoms with Gasteiger partial charge in [-0.25, -0.2) is 9.80 Å². The lowest BCUT2D eigenvalue weighted by molar-refractivity contribution is -0.118. The zero-order chi connectivity index (χ0) is 13.4. The average Bonchev–Trinajstić information content (AvgIpc) is 2.93. The van der Waals surface area contributed by atoms with Crippen molar-refractivity contribution in [2.24, 2.45) is 0 Å². The molecule has 2 N–H and O–H groups in total. The smallest absolute Gasteiger partial charge is 0.343 e. The number of hydrogen-bond acceptors (Lipinski definition) is 4. The third-order valence-corrected chi connectivity index (χ3v) is 2.68. The summed E-state index contributed by atoms with van der Waals surface area (Å²) in [6.07, 6.45) is 0. The molecule has 0 aliphatic carbocycles. The lowest BCUT2D eigenvalue weighted by Crippen LogP contribution is -2.44. The molecule has 3 rings (SSSR count). The summed E-state index contributed by atoms with van der Waals surface area (Å²) in [6, 6.07) is 8.07. The van der Waals surface area contributed by atoms with E-state index in [2.05, 4.69) is 10.7 Å². The van der Waals surface area contributed by atoms with E-state index in [-0.39, 0.29) is 12.3 Å². The van der Waals surface area contributed by atoms with Gasteiger partial charge in [-0.1, -0.05) is 18.2 Å². The number of carbonyl (C=O) groups excluding carboxylic acids is 3. The maximum Gasteiger partial charge on any atom is 0.343 e. The molecule has 7 heteroatoms. The number of hydrogen-bond donors (Lipinski definition) is 2. The zero-order valence-electron chi connectivity index (χ0n) is 9.67. The molecule has 1 aliphatic heterocycles. The molecule has 2 aromatic rings. The lowest BCUT2D eigenvalue weighted by atomic mass is 10.2. The summed E-state index contributed by atoms with van der Waals surface area (Å²) in [5.74, 6) is -0.968. The Labute approximate surface area is 107 Å². The Morgan fingerprint density at radius 1 is 1.32 bits per heavy atom. The SMILES string of the molecule is O=C1CN(NC(=O)c2cc3ccccc3o2)C(=O)N1. The summed E-state index contributed by atoms with van der Waals surface area (Å²) < 4.78 is 5.35. The molecule has 1 aromatic carbocycles. The molecular formula is C12H9N3O4. The first-order valence-electron chi connectivity index (χ1n) is 5.54. The normalized spacial score (nSPS) is 14.8. The van der Waals surface area contributed by atoms with Gasteiger partial charge >= 0.3 is 11.9 Å². The van der Waals surface area contributed by atoms with E-state index >= 15 is 0 Å². The van der Waals surface area contributed by atoms with Crippen LogP contribution in [0.1, 0.15) is 10.6 Å². The molecule has 0 bridgehead atoms. The Balaban J connectivity index is 1.80. The molecule has 0 spiro atoms. The van der Waals surface area contributed by atoms with Gasteiger partial charge in [-0.05, 0) is 12.1 Å². The second-order valence-corrected chi connectivity index (χ2v) is 4.03. The molecule has 1 fully saturated rings. The van der Waals surface area contributed by atoms with Crippen molar-refractivity contribution in [1.82, 2.24) is 15.8 Å². The fourth-order valence-corrected chi connectivity index (χ4v) is 1.80. The highest BCUT2D eigenvalue weighted by Gasteiger charge is 2.29. The maximum atomic E-state index is 11.9. The van der Waals surface area contributed by atoms with Crippen molar-refractivity contribution in [3.05, 3.63) is 36.1 Å². The molecule has 4 amide bonds. The van der Waals surface area contributed by atoms with Gasteiger partial charge in [0.25, 0.3) is 0 Å². The number of urea groups is 1. The van der Waals surface area contributed by atoms with Crippen molar-refractivity contribution in [1.29, 1.82) is 0 Å². The monoisotopic (exact) mass is 259 g/mol. The summed E-state index contributed by atoms with van der Waals surface area (Å²) in [7, 11) is 0. The number of hydrazine groups is 1. The number of furan rings is 1. The Kier molecular flexibility index (Phi) is 2.45. The Morgan fingerprint density at radius 2 is 2.11 bits per heavy atom. The van der Waals surface area contributed by atoms with Crippen LogP contribution < -0.4 is 10.7 Å². The molecule has 0 unspecified atom stereocenters. The first-order chi connectivity index (χ1) is 9.13. The molecule has 19 heavy (non-hydrogen) atoms. The number of amides is 4. The number of nitrogens with zero attached hydrogens (tertiary/aromatic N) is 1. The van der Waals surface area contributed by atoms with Crippen LogP contribution in [0.25, 0.3) is 11.0 Å². The summed E-state index contributed by atoms with van der Waals surface area (Å²) in [6.45, 7) is -0.204. The number of carbonyl (C=O) groups is 3. The van der Waals surface area contributed by atoms with Crippen LogP contribution in [0.5, 0.6) is 0 Å². The van der Waals surface area contributed by atoms with E-state index in [0.29, 0.717) is 5.58 Å². The largest absolute Gasteiger partial charge is 0.451 e. The molecule has 0 atom stereocenters. The lowest BCUT2D eigenvalue weighted by Gasteiger charge is -2.12. The van der Waals surface area contributed by atoms with Crippen molar-refractivity contribution in [2.45, 2.75) is 0 Å². The van der Waals surface area contributed by atoms with Gasteiger partial charge in [0.1, 0.15) is 12.1 Å². The Bertz CT molecular complexity index is 658. The topological polar surface area (TPSA) is 91.7 Å². The fraction of sp³-hybridized carbons (Fsp3) is 0.0833. The van der Waals surface area contributed by atoms with Crippen LogP contribution in [0.2, 0.25) is 0 Å². The second-order valence-electron chi connectivity index (χ2n) is 4.03. The number of fused-ring (bicyclic) bond motifs is 1. The molecule has 0 saturated carbocycles. The van der Waals surface area contributed by atoms with Crippen molar-refractivity contribution < 1.29 is 18.8 Å². The molecule has 1 saturated heterocycles. The van der Waals surface area contributed by atoms with Crippen molar-refractivity contribution in [3.8, 4) is 0 Å². The molecule has 0 radical (unpaired) electrons. The van der Waals surface area contributed by atoms with Crippen LogP contribution in [0.15, 0.2) is 34.7 Å². The molecule has 96 valence electrons. The van der Waals surface area contributed by atoms with E-state index in [1.54, 1.807) is 18.2 Å². The molecular weight excluding hydrogens is 250 g/mol. The van der Waals surface area contributed by atoms with Crippen molar-refractivity contribution in [2.75, 3.05) is 6.54 Å². The van der Waals surface area contributed by atoms with Gasteiger partial charge in [0.15, 0.2) is 5.76 Å². The highest BCUT2D eigenvalue weighted by atomic mass is 16.3. The van der Waals surface area contributed by atoms with Crippen molar-refractivity contribution in [3.63, 3.8) is 0 Å². The minimum Gasteiger partial charge on any atom is -0.451 e. The number of nitrogens with one attached hydrogen (secondary N) is 2. The zero-order valence-corrected chi connectivity index (χ0v) is 9.67. The first-order valence-corrected chi connectivity index (χ1v) is 5.54. The van der Waals surface area contributed by atoms with Crippen LogP contribution in [-0.4, -0.2) is 29.4 Å². The van der Waals surface area contributed by atoms with Crippen LogP contribution in [0.4, 0.5) is 4.79 Å². The molecule has 1 aromatic heterocycles. The Morgan fingerprint density at radius 3 is 2.79 bits per heavy atom. The number of para-hydroxylation sites is 1. The number of benzene rings is 1. The van der Waals surface area contributed by atoms with Gasteiger partial charge < -0.3 is 4.42 Å². The van der Waals surface area contributed by atoms with Crippen LogP contribution in [-0.2, 0) is 4.79 Å². The third kappa shape index (κ3) is 2.01. The van der Waals surface area contributed by atoms with E-state index in [1.165, 1.54) is 0 Å². The average molecular weight is 259 g/mol. The predicted octanol–water partition coefficient (Wildman–Crippen LogP) is 0.629. The van der Waals surface area contributed by atoms with Gasteiger partial charge in [0.05, 0.1) is 0 Å². The van der Waals surface area contributed by atoms with Gasteiger partial charge in [-0.15, -0.1) is 0 Å². The fourth-order valence-electron chi connectivity index (χ4n) is 1.80. The standard InChI is InChI=1S/C12H9N3O4/c16-10-6-15(12(18)13-10)14-11(17)9-5-7-3-1-2-4-8(7)19-9/h1-5H,6H2,(H,14,17)(H,13,16,18). The molecule has 2 heterocycles. The summed E-state index contributed by atoms with van der Waals surface area (Å²) >= 11 is 0. The highest BCUT2D eigenvalue weighted by molar-refractivity contribution is 6.04. The van der Waals surface area contributed by atoms with E-state index in [1.807, 2.05) is 12.1 Å². The van der Waals surface area contributed by atoms with Gasteiger partial charge in [0, 0.05) is 5.39 Å². The minimum atomic E-state index is -0.658. The second kappa shape index (κ2) is 4.13. The first kappa shape index (κ1) is 11.3. The maximum absolute atomic E-state index is 11.9. The third-order valence-electron chi connectivity index (χ3n) is 2.68. The van der Waals surface area contributed by atoms with Crippen molar-refractivity contribution >= 4 is 28.8 Å². The quantitative estimate of drug-likeness (QED) is 0.774. The number of rotatable bonds is 2. The van der Waals surface area contributed by atoms with Gasteiger partial charge in [-0.3, -0.25) is 20.3 Å². The summed E-state index contributed by atoms with van der Waals surface area (Å²) in [4.78, 5) is 34.1. The summed E-state index contributed by atoms with van der Waals surface area (Å²) in [5.41, 5.74) is 2.88. The highest BCUT2D eigenvalue weighted by Crippen LogP contribution is 2.18. The molecule has 7 nitrogen and oxygen atoms in total.